The molecule has 0 heterocycles. The number of nitrogens with zero attached hydrogens (tertiary/aromatic N) is 1. The summed E-state index contributed by atoms with van der Waals surface area (Å²) in [5, 5.41) is 8.99. The predicted octanol–water partition coefficient (Wildman–Crippen LogP) is 3.35. The van der Waals surface area contributed by atoms with Crippen LogP contribution in [0.5, 0.6) is 11.5 Å². The number of hydrogen-bond donors (Lipinski definition) is 3. The molecule has 10 nitrogen and oxygen atoms in total. The molecular weight excluding hydrogens is 464 g/mol. The van der Waals surface area contributed by atoms with Gasteiger partial charge in [-0.2, -0.15) is 5.10 Å². The summed E-state index contributed by atoms with van der Waals surface area (Å²) in [7, 11) is 1.51. The smallest absolute Gasteiger partial charge is 0.343 e. The molecule has 10 heteroatoms. The second kappa shape index (κ2) is 11.9. The number of anilines is 2. The van der Waals surface area contributed by atoms with Gasteiger partial charge in [-0.25, -0.2) is 10.2 Å². The minimum Gasteiger partial charge on any atom is -0.497 e. The average Bonchev–Trinajstić information content (AvgIpc) is 2.88. The van der Waals surface area contributed by atoms with Gasteiger partial charge in [-0.15, -0.1) is 0 Å². The van der Waals surface area contributed by atoms with Crippen molar-refractivity contribution in [2.45, 2.75) is 13.8 Å². The Hall–Kier alpha value is -4.99. The summed E-state index contributed by atoms with van der Waals surface area (Å²) in [4.78, 5) is 47.6. The molecule has 3 aromatic carbocycles. The summed E-state index contributed by atoms with van der Waals surface area (Å²) < 4.78 is 10.5. The summed E-state index contributed by atoms with van der Waals surface area (Å²) in [6, 6.07) is 19.4. The summed E-state index contributed by atoms with van der Waals surface area (Å²) >= 11 is 0. The van der Waals surface area contributed by atoms with Crippen molar-refractivity contribution in [2.24, 2.45) is 5.10 Å². The lowest BCUT2D eigenvalue weighted by Gasteiger charge is -2.08. The Morgan fingerprint density at radius 1 is 0.722 bits per heavy atom. The lowest BCUT2D eigenvalue weighted by Crippen LogP contribution is -2.32. The summed E-state index contributed by atoms with van der Waals surface area (Å²) in [6.07, 6.45) is 0. The van der Waals surface area contributed by atoms with Gasteiger partial charge < -0.3 is 20.1 Å². The second-order valence-electron chi connectivity index (χ2n) is 7.50. The molecule has 36 heavy (non-hydrogen) atoms. The average molecular weight is 489 g/mol. The van der Waals surface area contributed by atoms with E-state index < -0.39 is 17.8 Å². The fraction of sp³-hybridized carbons (Fsp3) is 0.115. The molecule has 0 bridgehead atoms. The van der Waals surface area contributed by atoms with Gasteiger partial charge in [0.25, 0.3) is 0 Å². The van der Waals surface area contributed by atoms with Crippen LogP contribution >= 0.6 is 0 Å². The van der Waals surface area contributed by atoms with Crippen LogP contribution in [0.4, 0.5) is 11.4 Å². The van der Waals surface area contributed by atoms with Crippen molar-refractivity contribution >= 4 is 40.8 Å². The molecule has 3 N–H and O–H groups in total. The number of hydrazone groups is 1. The molecule has 3 rings (SSSR count). The van der Waals surface area contributed by atoms with Crippen LogP contribution in [0.25, 0.3) is 0 Å². The Kier molecular flexibility index (Phi) is 8.49. The Morgan fingerprint density at radius 2 is 1.36 bits per heavy atom. The molecule has 0 fully saturated rings. The SMILES string of the molecule is COc1cccc(C(=O)Oc2ccc(C(C)=NNC(=O)C(=O)Nc3ccc(NC(C)=O)cc3)cc2)c1. The lowest BCUT2D eigenvalue weighted by molar-refractivity contribution is -0.136. The minimum absolute atomic E-state index is 0.219. The highest BCUT2D eigenvalue weighted by Crippen LogP contribution is 2.18. The summed E-state index contributed by atoms with van der Waals surface area (Å²) in [6.45, 7) is 3.03. The van der Waals surface area contributed by atoms with E-state index in [0.717, 1.165) is 0 Å². The van der Waals surface area contributed by atoms with Gasteiger partial charge in [0.1, 0.15) is 11.5 Å². The van der Waals surface area contributed by atoms with E-state index in [9.17, 15) is 19.2 Å². The van der Waals surface area contributed by atoms with E-state index in [-0.39, 0.29) is 5.91 Å². The van der Waals surface area contributed by atoms with E-state index in [4.69, 9.17) is 9.47 Å². The lowest BCUT2D eigenvalue weighted by atomic mass is 10.1. The van der Waals surface area contributed by atoms with Gasteiger partial charge in [0.05, 0.1) is 18.4 Å². The zero-order valence-corrected chi connectivity index (χ0v) is 19.8. The van der Waals surface area contributed by atoms with Crippen molar-refractivity contribution in [1.82, 2.24) is 5.43 Å². The third-order valence-corrected chi connectivity index (χ3v) is 4.78. The number of benzene rings is 3. The standard InChI is InChI=1S/C26H24N4O6/c1-16(29-30-25(33)24(32)28-21-11-9-20(10-12-21)27-17(2)31)18-7-13-22(14-8-18)36-26(34)19-5-4-6-23(15-19)35-3/h4-15H,1-3H3,(H,27,31)(H,28,32)(H,30,33). The molecule has 0 aliphatic heterocycles. The molecule has 0 aliphatic rings. The van der Waals surface area contributed by atoms with Crippen molar-refractivity contribution in [3.8, 4) is 11.5 Å². The first kappa shape index (κ1) is 25.6. The number of nitrogens with one attached hydrogen (secondary N) is 3. The predicted molar refractivity (Wildman–Crippen MR) is 134 cm³/mol. The molecule has 3 aromatic rings. The van der Waals surface area contributed by atoms with E-state index in [1.54, 1.807) is 79.7 Å². The number of rotatable bonds is 7. The summed E-state index contributed by atoms with van der Waals surface area (Å²) in [5.41, 5.74) is 4.56. The van der Waals surface area contributed by atoms with E-state index in [1.807, 2.05) is 0 Å². The number of ether oxygens (including phenoxy) is 2. The van der Waals surface area contributed by atoms with Crippen molar-refractivity contribution < 1.29 is 28.7 Å². The highest BCUT2D eigenvalue weighted by atomic mass is 16.5. The van der Waals surface area contributed by atoms with Crippen molar-refractivity contribution in [2.75, 3.05) is 17.7 Å². The fourth-order valence-corrected chi connectivity index (χ4v) is 2.96. The van der Waals surface area contributed by atoms with Crippen molar-refractivity contribution in [1.29, 1.82) is 0 Å². The van der Waals surface area contributed by atoms with Gasteiger partial charge in [0.2, 0.25) is 5.91 Å². The van der Waals surface area contributed by atoms with Gasteiger partial charge in [-0.3, -0.25) is 14.4 Å². The van der Waals surface area contributed by atoms with E-state index in [0.29, 0.717) is 39.7 Å². The van der Waals surface area contributed by atoms with Crippen LogP contribution in [-0.2, 0) is 14.4 Å². The molecule has 0 saturated heterocycles. The molecular formula is C26H24N4O6. The van der Waals surface area contributed by atoms with Gasteiger partial charge in [0.15, 0.2) is 0 Å². The molecule has 0 aliphatic carbocycles. The summed E-state index contributed by atoms with van der Waals surface area (Å²) in [5.74, 6) is -1.74. The zero-order chi connectivity index (χ0) is 26.1. The first-order valence-electron chi connectivity index (χ1n) is 10.7. The molecule has 0 unspecified atom stereocenters. The van der Waals surface area contributed by atoms with Crippen molar-refractivity contribution in [3.05, 3.63) is 83.9 Å². The molecule has 184 valence electrons. The van der Waals surface area contributed by atoms with Crippen molar-refractivity contribution in [3.63, 3.8) is 0 Å². The zero-order valence-electron chi connectivity index (χ0n) is 19.8. The normalized spacial score (nSPS) is 10.7. The van der Waals surface area contributed by atoms with Crippen LogP contribution in [0, 0.1) is 0 Å². The topological polar surface area (TPSA) is 135 Å². The monoisotopic (exact) mass is 488 g/mol. The molecule has 0 aromatic heterocycles. The van der Waals surface area contributed by atoms with Crippen LogP contribution < -0.4 is 25.5 Å². The number of carbonyl (C=O) groups is 4. The quantitative estimate of drug-likeness (QED) is 0.153. The molecule has 0 atom stereocenters. The second-order valence-corrected chi connectivity index (χ2v) is 7.50. The van der Waals surface area contributed by atoms with Gasteiger partial charge in [-0.05, 0) is 79.2 Å². The van der Waals surface area contributed by atoms with Crippen LogP contribution in [-0.4, -0.2) is 36.5 Å². The first-order valence-corrected chi connectivity index (χ1v) is 10.7. The molecule has 0 radical (unpaired) electrons. The molecule has 0 spiro atoms. The Balaban J connectivity index is 1.54. The number of methoxy groups -OCH3 is 1. The highest BCUT2D eigenvalue weighted by Gasteiger charge is 2.14. The maximum Gasteiger partial charge on any atom is 0.343 e. The van der Waals surface area contributed by atoms with E-state index in [2.05, 4.69) is 21.2 Å². The maximum absolute atomic E-state index is 12.3. The van der Waals surface area contributed by atoms with Gasteiger partial charge in [-0.1, -0.05) is 6.07 Å². The maximum atomic E-state index is 12.3. The molecule has 3 amide bonds. The Labute approximate surface area is 207 Å². The minimum atomic E-state index is -0.955. The van der Waals surface area contributed by atoms with Gasteiger partial charge in [0, 0.05) is 18.3 Å². The Bertz CT molecular complexity index is 1300. The first-order chi connectivity index (χ1) is 17.2. The van der Waals surface area contributed by atoms with Crippen LogP contribution in [0.15, 0.2) is 77.9 Å². The number of hydrogen-bond acceptors (Lipinski definition) is 7. The van der Waals surface area contributed by atoms with Crippen LogP contribution in [0.2, 0.25) is 0 Å². The fourth-order valence-electron chi connectivity index (χ4n) is 2.96. The largest absolute Gasteiger partial charge is 0.497 e. The van der Waals surface area contributed by atoms with E-state index in [1.165, 1.54) is 14.0 Å². The van der Waals surface area contributed by atoms with Crippen LogP contribution in [0.3, 0.4) is 0 Å². The number of amides is 3. The number of esters is 1. The highest BCUT2D eigenvalue weighted by molar-refractivity contribution is 6.39. The van der Waals surface area contributed by atoms with E-state index >= 15 is 0 Å². The number of carbonyl (C=O) groups excluding carboxylic acids is 4. The van der Waals surface area contributed by atoms with Gasteiger partial charge >= 0.3 is 17.8 Å². The molecule has 0 saturated carbocycles. The Morgan fingerprint density at radius 3 is 1.97 bits per heavy atom. The third-order valence-electron chi connectivity index (χ3n) is 4.78. The van der Waals surface area contributed by atoms with Crippen LogP contribution in [0.1, 0.15) is 29.8 Å². The third kappa shape index (κ3) is 7.26.